The molecule has 0 saturated carbocycles. The zero-order valence-electron chi connectivity index (χ0n) is 19.5. The second-order valence-corrected chi connectivity index (χ2v) is 9.78. The van der Waals surface area contributed by atoms with Gasteiger partial charge in [-0.05, 0) is 19.1 Å². The topological polar surface area (TPSA) is 129 Å². The predicted molar refractivity (Wildman–Crippen MR) is 139 cm³/mol. The zero-order valence-corrected chi connectivity index (χ0v) is 20.3. The van der Waals surface area contributed by atoms with E-state index in [1.807, 2.05) is 18.2 Å². The molecular weight excluding hydrogens is 496 g/mol. The highest BCUT2D eigenvalue weighted by molar-refractivity contribution is 7.92. The van der Waals surface area contributed by atoms with E-state index in [9.17, 15) is 23.3 Å². The van der Waals surface area contributed by atoms with Crippen molar-refractivity contribution in [2.75, 3.05) is 11.3 Å². The monoisotopic (exact) mass is 516 g/mol. The summed E-state index contributed by atoms with van der Waals surface area (Å²) in [5, 5.41) is 12.6. The van der Waals surface area contributed by atoms with Crippen LogP contribution >= 0.6 is 0 Å². The largest absolute Gasteiger partial charge is 0.462 e. The molecule has 37 heavy (non-hydrogen) atoms. The van der Waals surface area contributed by atoms with E-state index in [1.165, 1.54) is 24.3 Å². The molecule has 0 aliphatic carbocycles. The second kappa shape index (κ2) is 9.40. The third kappa shape index (κ3) is 4.38. The molecule has 0 atom stereocenters. The van der Waals surface area contributed by atoms with Gasteiger partial charge in [0.15, 0.2) is 0 Å². The lowest BCUT2D eigenvalue weighted by atomic mass is 10.0. The minimum absolute atomic E-state index is 0.138. The average molecular weight is 517 g/mol. The van der Waals surface area contributed by atoms with Gasteiger partial charge in [-0.15, -0.1) is 0 Å². The standard InChI is InChI=1S/C27H20N2O7S/c1-2-35-27(30)24-22-16-23(28-37(33,34)19-12-8-11-18(15-19)29(31)32)20-13-6-7-14-21(20)26(22)36-25(24)17-9-4-3-5-10-17/h3-16,28H,2H2,1H3. The number of benzene rings is 4. The number of rotatable bonds is 7. The Hall–Kier alpha value is -4.70. The molecule has 0 spiro atoms. The Bertz CT molecular complexity index is 1780. The van der Waals surface area contributed by atoms with E-state index in [0.29, 0.717) is 33.1 Å². The van der Waals surface area contributed by atoms with Gasteiger partial charge < -0.3 is 9.15 Å². The number of hydrogen-bond donors (Lipinski definition) is 1. The Labute approximate surface area is 211 Å². The number of nitrogens with zero attached hydrogens (tertiary/aromatic N) is 1. The summed E-state index contributed by atoms with van der Waals surface area (Å²) in [4.78, 5) is 23.3. The number of non-ortho nitro benzene ring substituents is 1. The Morgan fingerprint density at radius 1 is 0.946 bits per heavy atom. The maximum Gasteiger partial charge on any atom is 0.342 e. The van der Waals surface area contributed by atoms with Gasteiger partial charge in [0.25, 0.3) is 15.7 Å². The van der Waals surface area contributed by atoms with Crippen LogP contribution in [0.15, 0.2) is 94.2 Å². The molecule has 10 heteroatoms. The van der Waals surface area contributed by atoms with Gasteiger partial charge in [-0.2, -0.15) is 0 Å². The third-order valence-electron chi connectivity index (χ3n) is 5.79. The first-order chi connectivity index (χ1) is 17.8. The van der Waals surface area contributed by atoms with Crippen molar-refractivity contribution in [3.8, 4) is 11.3 Å². The number of ether oxygens (including phenoxy) is 1. The van der Waals surface area contributed by atoms with Crippen LogP contribution in [-0.4, -0.2) is 25.9 Å². The molecule has 0 aliphatic heterocycles. The quantitative estimate of drug-likeness (QED) is 0.156. The number of anilines is 1. The summed E-state index contributed by atoms with van der Waals surface area (Å²) in [7, 11) is -4.22. The van der Waals surface area contributed by atoms with Gasteiger partial charge in [-0.25, -0.2) is 13.2 Å². The van der Waals surface area contributed by atoms with Gasteiger partial charge in [0.2, 0.25) is 0 Å². The first-order valence-electron chi connectivity index (χ1n) is 11.3. The van der Waals surface area contributed by atoms with Crippen LogP contribution in [0.5, 0.6) is 0 Å². The average Bonchev–Trinajstić information content (AvgIpc) is 3.29. The summed E-state index contributed by atoms with van der Waals surface area (Å²) in [5.74, 6) is -0.305. The van der Waals surface area contributed by atoms with E-state index in [4.69, 9.17) is 9.15 Å². The predicted octanol–water partition coefficient (Wildman–Crippen LogP) is 6.14. The summed E-state index contributed by atoms with van der Waals surface area (Å²) >= 11 is 0. The summed E-state index contributed by atoms with van der Waals surface area (Å²) in [6.07, 6.45) is 0. The Balaban J connectivity index is 1.75. The van der Waals surface area contributed by atoms with Crippen LogP contribution in [0, 0.1) is 10.1 Å². The molecule has 1 aromatic heterocycles. The smallest absolute Gasteiger partial charge is 0.342 e. The Kier molecular flexibility index (Phi) is 6.10. The fourth-order valence-electron chi connectivity index (χ4n) is 4.17. The van der Waals surface area contributed by atoms with Gasteiger partial charge in [0.05, 0.1) is 22.1 Å². The van der Waals surface area contributed by atoms with E-state index in [1.54, 1.807) is 43.3 Å². The van der Waals surface area contributed by atoms with Crippen LogP contribution in [-0.2, 0) is 14.8 Å². The maximum absolute atomic E-state index is 13.3. The first kappa shape index (κ1) is 24.0. The van der Waals surface area contributed by atoms with Gasteiger partial charge in [0.1, 0.15) is 16.9 Å². The van der Waals surface area contributed by atoms with Gasteiger partial charge in [-0.1, -0.05) is 60.7 Å². The number of carbonyl (C=O) groups excluding carboxylic acids is 1. The summed E-state index contributed by atoms with van der Waals surface area (Å²) in [6, 6.07) is 22.3. The third-order valence-corrected chi connectivity index (χ3v) is 7.16. The molecule has 1 N–H and O–H groups in total. The van der Waals surface area contributed by atoms with Crippen LogP contribution in [0.4, 0.5) is 11.4 Å². The minimum Gasteiger partial charge on any atom is -0.462 e. The highest BCUT2D eigenvalue weighted by Gasteiger charge is 2.27. The minimum atomic E-state index is -4.22. The highest BCUT2D eigenvalue weighted by atomic mass is 32.2. The van der Waals surface area contributed by atoms with Crippen LogP contribution in [0.2, 0.25) is 0 Å². The Morgan fingerprint density at radius 3 is 2.35 bits per heavy atom. The molecule has 0 amide bonds. The van der Waals surface area contributed by atoms with E-state index in [0.717, 1.165) is 6.07 Å². The zero-order chi connectivity index (χ0) is 26.2. The summed E-state index contributed by atoms with van der Waals surface area (Å²) < 4.78 is 40.6. The molecule has 5 aromatic rings. The van der Waals surface area contributed by atoms with Crippen molar-refractivity contribution in [3.63, 3.8) is 0 Å². The van der Waals surface area contributed by atoms with E-state index in [-0.39, 0.29) is 28.4 Å². The van der Waals surface area contributed by atoms with Crippen molar-refractivity contribution in [1.82, 2.24) is 0 Å². The first-order valence-corrected chi connectivity index (χ1v) is 12.8. The lowest BCUT2D eigenvalue weighted by Crippen LogP contribution is -2.13. The number of furan rings is 1. The van der Waals surface area contributed by atoms with Gasteiger partial charge >= 0.3 is 5.97 Å². The number of hydrogen-bond acceptors (Lipinski definition) is 7. The molecule has 186 valence electrons. The maximum atomic E-state index is 13.3. The van der Waals surface area contributed by atoms with Crippen LogP contribution in [0.3, 0.4) is 0 Å². The molecule has 0 saturated heterocycles. The number of carbonyl (C=O) groups is 1. The molecule has 9 nitrogen and oxygen atoms in total. The lowest BCUT2D eigenvalue weighted by molar-refractivity contribution is -0.385. The number of nitrogens with one attached hydrogen (secondary N) is 1. The van der Waals surface area contributed by atoms with Gasteiger partial charge in [0, 0.05) is 33.9 Å². The molecule has 0 unspecified atom stereocenters. The summed E-state index contributed by atoms with van der Waals surface area (Å²) in [5.41, 5.74) is 1.06. The molecule has 1 heterocycles. The van der Waals surface area contributed by atoms with Crippen LogP contribution in [0.25, 0.3) is 33.1 Å². The van der Waals surface area contributed by atoms with E-state index < -0.39 is 20.9 Å². The van der Waals surface area contributed by atoms with Crippen molar-refractivity contribution >= 4 is 49.1 Å². The van der Waals surface area contributed by atoms with E-state index in [2.05, 4.69) is 4.72 Å². The molecular formula is C27H20N2O7S. The van der Waals surface area contributed by atoms with E-state index >= 15 is 0 Å². The van der Waals surface area contributed by atoms with Crippen molar-refractivity contribution in [2.45, 2.75) is 11.8 Å². The normalized spacial score (nSPS) is 11.5. The number of fused-ring (bicyclic) bond motifs is 3. The fraction of sp³-hybridized carbons (Fsp3) is 0.0741. The molecule has 4 aromatic carbocycles. The number of nitro benzene ring substituents is 1. The fourth-order valence-corrected chi connectivity index (χ4v) is 5.28. The van der Waals surface area contributed by atoms with Gasteiger partial charge in [-0.3, -0.25) is 14.8 Å². The molecule has 0 fully saturated rings. The van der Waals surface area contributed by atoms with Crippen LogP contribution < -0.4 is 4.72 Å². The highest BCUT2D eigenvalue weighted by Crippen LogP contribution is 2.41. The Morgan fingerprint density at radius 2 is 1.65 bits per heavy atom. The summed E-state index contributed by atoms with van der Waals surface area (Å²) in [6.45, 7) is 1.83. The number of esters is 1. The lowest BCUT2D eigenvalue weighted by Gasteiger charge is -2.12. The van der Waals surface area contributed by atoms with Crippen molar-refractivity contribution in [1.29, 1.82) is 0 Å². The number of nitro groups is 1. The second-order valence-electron chi connectivity index (χ2n) is 8.10. The SMILES string of the molecule is CCOC(=O)c1c(-c2ccccc2)oc2c1cc(NS(=O)(=O)c1cccc([N+](=O)[O-])c1)c1ccccc12. The molecule has 0 radical (unpaired) electrons. The number of sulfonamides is 1. The van der Waals surface area contributed by atoms with Crippen molar-refractivity contribution in [2.24, 2.45) is 0 Å². The van der Waals surface area contributed by atoms with Crippen molar-refractivity contribution < 1.29 is 27.3 Å². The van der Waals surface area contributed by atoms with Crippen molar-refractivity contribution in [3.05, 3.63) is 101 Å². The van der Waals surface area contributed by atoms with Crippen LogP contribution in [0.1, 0.15) is 17.3 Å². The molecule has 0 bridgehead atoms. The molecule has 5 rings (SSSR count). The molecule has 0 aliphatic rings.